The van der Waals surface area contributed by atoms with Crippen LogP contribution in [0.4, 0.5) is 15.5 Å². The fourth-order valence-electron chi connectivity index (χ4n) is 4.19. The van der Waals surface area contributed by atoms with Gasteiger partial charge in [-0.25, -0.2) is 4.79 Å². The molecule has 2 amide bonds. The van der Waals surface area contributed by atoms with Crippen LogP contribution in [0.2, 0.25) is 0 Å². The number of carbonyl (C=O) groups excluding carboxylic acids is 2. The van der Waals surface area contributed by atoms with Crippen LogP contribution < -0.4 is 24.8 Å². The smallest absolute Gasteiger partial charge is 0.410 e. The van der Waals surface area contributed by atoms with Crippen LogP contribution in [0.5, 0.6) is 17.2 Å². The SMILES string of the molecule is CCOC(=O)N1CCc2c(sc(NCc3cccc(OC)c3)c2C(=O)Nc2ccc(OC)cc2OC)C1. The molecule has 0 spiro atoms. The van der Waals surface area contributed by atoms with Crippen LogP contribution in [0, 0.1) is 0 Å². The molecule has 2 heterocycles. The number of fused-ring (bicyclic) bond motifs is 1. The van der Waals surface area contributed by atoms with Gasteiger partial charge in [-0.05, 0) is 48.7 Å². The van der Waals surface area contributed by atoms with E-state index >= 15 is 0 Å². The Morgan fingerprint density at radius 1 is 1.03 bits per heavy atom. The van der Waals surface area contributed by atoms with E-state index in [1.165, 1.54) is 11.3 Å². The minimum Gasteiger partial charge on any atom is -0.497 e. The highest BCUT2D eigenvalue weighted by atomic mass is 32.1. The third kappa shape index (κ3) is 5.91. The lowest BCUT2D eigenvalue weighted by atomic mass is 10.0. The highest BCUT2D eigenvalue weighted by Crippen LogP contribution is 2.39. The second kappa shape index (κ2) is 11.9. The zero-order valence-electron chi connectivity index (χ0n) is 21.4. The molecule has 3 aromatic rings. The first-order chi connectivity index (χ1) is 18.0. The van der Waals surface area contributed by atoms with E-state index in [2.05, 4.69) is 10.6 Å². The summed E-state index contributed by atoms with van der Waals surface area (Å²) >= 11 is 1.48. The molecule has 10 heteroatoms. The molecule has 0 fully saturated rings. The van der Waals surface area contributed by atoms with Crippen LogP contribution in [0.25, 0.3) is 0 Å². The van der Waals surface area contributed by atoms with Crippen LogP contribution in [0.3, 0.4) is 0 Å². The van der Waals surface area contributed by atoms with Crippen molar-refractivity contribution in [1.29, 1.82) is 0 Å². The molecule has 0 bridgehead atoms. The molecular formula is C27H31N3O6S. The molecule has 0 saturated carbocycles. The molecule has 2 N–H and O–H groups in total. The summed E-state index contributed by atoms with van der Waals surface area (Å²) in [5.74, 6) is 1.64. The minimum atomic E-state index is -0.346. The number of carbonyl (C=O) groups is 2. The van der Waals surface area contributed by atoms with Gasteiger partial charge in [0.25, 0.3) is 5.91 Å². The molecule has 9 nitrogen and oxygen atoms in total. The van der Waals surface area contributed by atoms with E-state index < -0.39 is 0 Å². The van der Waals surface area contributed by atoms with Gasteiger partial charge in [0, 0.05) is 24.0 Å². The van der Waals surface area contributed by atoms with Crippen molar-refractivity contribution in [1.82, 2.24) is 4.90 Å². The van der Waals surface area contributed by atoms with Crippen LogP contribution in [-0.2, 0) is 24.2 Å². The van der Waals surface area contributed by atoms with Gasteiger partial charge >= 0.3 is 6.09 Å². The molecule has 1 aromatic heterocycles. The number of methoxy groups -OCH3 is 3. The highest BCUT2D eigenvalue weighted by molar-refractivity contribution is 7.16. The van der Waals surface area contributed by atoms with Gasteiger partial charge in [0.05, 0.1) is 45.7 Å². The van der Waals surface area contributed by atoms with Crippen LogP contribution in [0.1, 0.15) is 33.3 Å². The second-order valence-electron chi connectivity index (χ2n) is 8.30. The van der Waals surface area contributed by atoms with E-state index in [-0.39, 0.29) is 12.0 Å². The van der Waals surface area contributed by atoms with Crippen molar-refractivity contribution in [2.75, 3.05) is 45.1 Å². The Bertz CT molecular complexity index is 1280. The van der Waals surface area contributed by atoms with E-state index in [4.69, 9.17) is 18.9 Å². The standard InChI is InChI=1S/C27H31N3O6S/c1-5-36-27(32)30-12-11-20-23(16-30)37-26(28-15-17-7-6-8-18(13-17)33-2)24(20)25(31)29-21-10-9-19(34-3)14-22(21)35-4/h6-10,13-14,28H,5,11-12,15-16H2,1-4H3,(H,29,31). The lowest BCUT2D eigenvalue weighted by Crippen LogP contribution is -2.36. The van der Waals surface area contributed by atoms with Gasteiger partial charge in [0.2, 0.25) is 0 Å². The first-order valence-corrected chi connectivity index (χ1v) is 12.7. The summed E-state index contributed by atoms with van der Waals surface area (Å²) in [6, 6.07) is 13.0. The van der Waals surface area contributed by atoms with E-state index in [0.717, 1.165) is 26.8 Å². The van der Waals surface area contributed by atoms with Crippen molar-refractivity contribution in [3.8, 4) is 17.2 Å². The first kappa shape index (κ1) is 26.2. The molecule has 0 radical (unpaired) electrons. The third-order valence-corrected chi connectivity index (χ3v) is 7.23. The average Bonchev–Trinajstić information content (AvgIpc) is 3.30. The molecule has 4 rings (SSSR count). The fourth-order valence-corrected chi connectivity index (χ4v) is 5.45. The van der Waals surface area contributed by atoms with Crippen molar-refractivity contribution >= 4 is 34.0 Å². The number of ether oxygens (including phenoxy) is 4. The number of amides is 2. The Morgan fingerprint density at radius 3 is 2.54 bits per heavy atom. The Morgan fingerprint density at radius 2 is 1.81 bits per heavy atom. The van der Waals surface area contributed by atoms with Gasteiger partial charge in [-0.15, -0.1) is 11.3 Å². The van der Waals surface area contributed by atoms with Gasteiger partial charge in [-0.2, -0.15) is 0 Å². The predicted octanol–water partition coefficient (Wildman–Crippen LogP) is 5.15. The summed E-state index contributed by atoms with van der Waals surface area (Å²) in [5.41, 5.74) is 3.06. The average molecular weight is 526 g/mol. The summed E-state index contributed by atoms with van der Waals surface area (Å²) in [5, 5.41) is 7.17. The monoisotopic (exact) mass is 525 g/mol. The van der Waals surface area contributed by atoms with E-state index in [1.807, 2.05) is 24.3 Å². The van der Waals surface area contributed by atoms with Crippen LogP contribution in [0.15, 0.2) is 42.5 Å². The number of anilines is 2. The molecule has 1 aliphatic heterocycles. The van der Waals surface area contributed by atoms with Crippen molar-refractivity contribution in [3.63, 3.8) is 0 Å². The highest BCUT2D eigenvalue weighted by Gasteiger charge is 2.30. The zero-order valence-corrected chi connectivity index (χ0v) is 22.2. The molecule has 0 unspecified atom stereocenters. The number of benzene rings is 2. The van der Waals surface area contributed by atoms with Gasteiger partial charge < -0.3 is 34.5 Å². The summed E-state index contributed by atoms with van der Waals surface area (Å²) in [6.07, 6.45) is 0.204. The Labute approximate surface area is 220 Å². The van der Waals surface area contributed by atoms with Gasteiger partial charge in [-0.1, -0.05) is 12.1 Å². The summed E-state index contributed by atoms with van der Waals surface area (Å²) in [4.78, 5) is 28.6. The molecular weight excluding hydrogens is 494 g/mol. The van der Waals surface area contributed by atoms with E-state index in [0.29, 0.717) is 55.4 Å². The zero-order chi connectivity index (χ0) is 26.4. The summed E-state index contributed by atoms with van der Waals surface area (Å²) < 4.78 is 21.3. The van der Waals surface area contributed by atoms with Crippen LogP contribution >= 0.6 is 11.3 Å². The topological polar surface area (TPSA) is 98.4 Å². The largest absolute Gasteiger partial charge is 0.497 e. The number of nitrogens with one attached hydrogen (secondary N) is 2. The summed E-state index contributed by atoms with van der Waals surface area (Å²) in [6.45, 7) is 3.48. The lowest BCUT2D eigenvalue weighted by molar-refractivity contribution is 0.102. The normalized spacial score (nSPS) is 12.4. The van der Waals surface area contributed by atoms with E-state index in [9.17, 15) is 9.59 Å². The second-order valence-corrected chi connectivity index (χ2v) is 9.41. The fraction of sp³-hybridized carbons (Fsp3) is 0.333. The maximum atomic E-state index is 13.7. The molecule has 1 aliphatic rings. The van der Waals surface area contributed by atoms with Gasteiger partial charge in [0.15, 0.2) is 0 Å². The van der Waals surface area contributed by atoms with Gasteiger partial charge in [0.1, 0.15) is 22.2 Å². The predicted molar refractivity (Wildman–Crippen MR) is 143 cm³/mol. The number of rotatable bonds is 9. The molecule has 0 aliphatic carbocycles. The third-order valence-electron chi connectivity index (χ3n) is 6.05. The van der Waals surface area contributed by atoms with Crippen molar-refractivity contribution in [3.05, 3.63) is 64.0 Å². The number of hydrogen-bond acceptors (Lipinski definition) is 8. The molecule has 196 valence electrons. The maximum Gasteiger partial charge on any atom is 0.410 e. The van der Waals surface area contributed by atoms with Crippen LogP contribution in [-0.4, -0.2) is 51.4 Å². The van der Waals surface area contributed by atoms with Crippen molar-refractivity contribution in [2.45, 2.75) is 26.4 Å². The summed E-state index contributed by atoms with van der Waals surface area (Å²) in [7, 11) is 4.75. The number of nitrogens with zero attached hydrogens (tertiary/aromatic N) is 1. The van der Waals surface area contributed by atoms with E-state index in [1.54, 1.807) is 51.4 Å². The first-order valence-electron chi connectivity index (χ1n) is 11.9. The molecule has 2 aromatic carbocycles. The maximum absolute atomic E-state index is 13.7. The lowest BCUT2D eigenvalue weighted by Gasteiger charge is -2.26. The Kier molecular flexibility index (Phi) is 8.39. The van der Waals surface area contributed by atoms with Gasteiger partial charge in [-0.3, -0.25) is 4.79 Å². The minimum absolute atomic E-state index is 0.251. The number of thiophene rings is 1. The van der Waals surface area contributed by atoms with Crippen molar-refractivity contribution in [2.24, 2.45) is 0 Å². The molecule has 37 heavy (non-hydrogen) atoms. The quantitative estimate of drug-likeness (QED) is 0.399. The Balaban J connectivity index is 1.64. The van der Waals surface area contributed by atoms with Crippen molar-refractivity contribution < 1.29 is 28.5 Å². The molecule has 0 atom stereocenters. The number of hydrogen-bond donors (Lipinski definition) is 2. The molecule has 0 saturated heterocycles. The Hall–Kier alpha value is -3.92.